The Balaban J connectivity index is 2.65. The normalized spacial score (nSPS) is 22.6. The summed E-state index contributed by atoms with van der Waals surface area (Å²) in [5.41, 5.74) is 6.09. The second kappa shape index (κ2) is 8.25. The Bertz CT molecular complexity index is 331. The molecule has 1 fully saturated rings. The Morgan fingerprint density at radius 3 is 2.50 bits per heavy atom. The predicted molar refractivity (Wildman–Crippen MR) is 78.0 cm³/mol. The van der Waals surface area contributed by atoms with Gasteiger partial charge < -0.3 is 15.4 Å². The summed E-state index contributed by atoms with van der Waals surface area (Å²) in [7, 11) is 1.37. The number of hydrogen-bond donors (Lipinski definition) is 1. The lowest BCUT2D eigenvalue weighted by Gasteiger charge is -2.33. The molecule has 5 heteroatoms. The van der Waals surface area contributed by atoms with Crippen LogP contribution in [0.5, 0.6) is 0 Å². The maximum absolute atomic E-state index is 12.6. The Morgan fingerprint density at radius 2 is 1.95 bits per heavy atom. The van der Waals surface area contributed by atoms with Crippen LogP contribution in [0.4, 0.5) is 0 Å². The first-order valence-electron chi connectivity index (χ1n) is 7.57. The molecule has 1 amide bonds. The SMILES string of the molecule is COC(=O)CCN(CC(C)C)C(=O)C1CCCCC1N. The van der Waals surface area contributed by atoms with Gasteiger partial charge in [-0.05, 0) is 18.8 Å². The highest BCUT2D eigenvalue weighted by atomic mass is 16.5. The standard InChI is InChI=1S/C15H28N2O3/c1-11(2)10-17(9-8-14(18)20-3)15(19)12-6-4-5-7-13(12)16/h11-13H,4-10,16H2,1-3H3. The summed E-state index contributed by atoms with van der Waals surface area (Å²) in [5, 5.41) is 0. The summed E-state index contributed by atoms with van der Waals surface area (Å²) in [6.07, 6.45) is 4.21. The average Bonchev–Trinajstić information content (AvgIpc) is 2.42. The van der Waals surface area contributed by atoms with Crippen molar-refractivity contribution in [3.8, 4) is 0 Å². The number of carbonyl (C=O) groups excluding carboxylic acids is 2. The van der Waals surface area contributed by atoms with Crippen LogP contribution in [-0.4, -0.2) is 43.0 Å². The van der Waals surface area contributed by atoms with Gasteiger partial charge in [0.05, 0.1) is 19.4 Å². The Hall–Kier alpha value is -1.10. The molecule has 0 radical (unpaired) electrons. The lowest BCUT2D eigenvalue weighted by molar-refractivity contribution is -0.143. The van der Waals surface area contributed by atoms with E-state index in [1.165, 1.54) is 7.11 Å². The van der Waals surface area contributed by atoms with E-state index in [4.69, 9.17) is 5.73 Å². The molecule has 5 nitrogen and oxygen atoms in total. The van der Waals surface area contributed by atoms with Crippen molar-refractivity contribution in [3.63, 3.8) is 0 Å². The molecule has 2 atom stereocenters. The van der Waals surface area contributed by atoms with Crippen LogP contribution in [0.1, 0.15) is 46.0 Å². The molecule has 0 spiro atoms. The third-order valence-electron chi connectivity index (χ3n) is 3.85. The molecule has 0 aromatic rings. The zero-order valence-corrected chi connectivity index (χ0v) is 12.9. The van der Waals surface area contributed by atoms with Crippen molar-refractivity contribution >= 4 is 11.9 Å². The molecular formula is C15H28N2O3. The van der Waals surface area contributed by atoms with E-state index in [9.17, 15) is 9.59 Å². The van der Waals surface area contributed by atoms with Gasteiger partial charge >= 0.3 is 5.97 Å². The van der Waals surface area contributed by atoms with E-state index in [-0.39, 0.29) is 30.3 Å². The summed E-state index contributed by atoms with van der Waals surface area (Å²) in [5.74, 6) is 0.117. The molecule has 1 aliphatic carbocycles. The van der Waals surface area contributed by atoms with Gasteiger partial charge in [0, 0.05) is 19.1 Å². The molecule has 0 heterocycles. The van der Waals surface area contributed by atoms with Crippen LogP contribution in [0.15, 0.2) is 0 Å². The Labute approximate surface area is 121 Å². The highest BCUT2D eigenvalue weighted by Crippen LogP contribution is 2.25. The van der Waals surface area contributed by atoms with Crippen molar-refractivity contribution in [2.45, 2.75) is 52.0 Å². The minimum Gasteiger partial charge on any atom is -0.469 e. The molecule has 0 aromatic carbocycles. The number of nitrogens with two attached hydrogens (primary N) is 1. The van der Waals surface area contributed by atoms with Gasteiger partial charge in [-0.2, -0.15) is 0 Å². The van der Waals surface area contributed by atoms with E-state index in [1.54, 1.807) is 4.90 Å². The van der Waals surface area contributed by atoms with Gasteiger partial charge in [0.15, 0.2) is 0 Å². The molecule has 0 bridgehead atoms. The summed E-state index contributed by atoms with van der Waals surface area (Å²) in [6.45, 7) is 5.23. The number of hydrogen-bond acceptors (Lipinski definition) is 4. The van der Waals surface area contributed by atoms with Gasteiger partial charge in [-0.3, -0.25) is 9.59 Å². The van der Waals surface area contributed by atoms with Crippen LogP contribution in [0.2, 0.25) is 0 Å². The first-order chi connectivity index (χ1) is 9.45. The highest BCUT2D eigenvalue weighted by Gasteiger charge is 2.31. The number of amides is 1. The molecule has 2 N–H and O–H groups in total. The van der Waals surface area contributed by atoms with Crippen molar-refractivity contribution in [2.75, 3.05) is 20.2 Å². The zero-order chi connectivity index (χ0) is 15.1. The lowest BCUT2D eigenvalue weighted by atomic mass is 9.84. The second-order valence-electron chi connectivity index (χ2n) is 6.06. The molecular weight excluding hydrogens is 256 g/mol. The van der Waals surface area contributed by atoms with Crippen molar-refractivity contribution in [2.24, 2.45) is 17.6 Å². The number of rotatable bonds is 6. The third kappa shape index (κ3) is 5.12. The highest BCUT2D eigenvalue weighted by molar-refractivity contribution is 5.80. The van der Waals surface area contributed by atoms with Gasteiger partial charge in [-0.1, -0.05) is 26.7 Å². The quantitative estimate of drug-likeness (QED) is 0.751. The van der Waals surface area contributed by atoms with Gasteiger partial charge in [-0.25, -0.2) is 0 Å². The number of methoxy groups -OCH3 is 1. The van der Waals surface area contributed by atoms with E-state index < -0.39 is 0 Å². The molecule has 1 saturated carbocycles. The lowest BCUT2D eigenvalue weighted by Crippen LogP contribution is -2.47. The Morgan fingerprint density at radius 1 is 1.30 bits per heavy atom. The fourth-order valence-electron chi connectivity index (χ4n) is 2.76. The van der Waals surface area contributed by atoms with Crippen LogP contribution in [0.25, 0.3) is 0 Å². The zero-order valence-electron chi connectivity index (χ0n) is 12.9. The first kappa shape index (κ1) is 17.0. The van der Waals surface area contributed by atoms with E-state index in [0.717, 1.165) is 25.7 Å². The minimum atomic E-state index is -0.278. The van der Waals surface area contributed by atoms with Crippen molar-refractivity contribution in [1.29, 1.82) is 0 Å². The summed E-state index contributed by atoms with van der Waals surface area (Å²) >= 11 is 0. The van der Waals surface area contributed by atoms with Crippen LogP contribution in [0, 0.1) is 11.8 Å². The van der Waals surface area contributed by atoms with Gasteiger partial charge in [0.2, 0.25) is 5.91 Å². The van der Waals surface area contributed by atoms with Gasteiger partial charge in [0.1, 0.15) is 0 Å². The van der Waals surface area contributed by atoms with Crippen LogP contribution >= 0.6 is 0 Å². The fourth-order valence-corrected chi connectivity index (χ4v) is 2.76. The van der Waals surface area contributed by atoms with E-state index in [2.05, 4.69) is 18.6 Å². The monoisotopic (exact) mass is 284 g/mol. The van der Waals surface area contributed by atoms with Gasteiger partial charge in [-0.15, -0.1) is 0 Å². The molecule has 1 rings (SSSR count). The van der Waals surface area contributed by atoms with Crippen molar-refractivity contribution in [1.82, 2.24) is 4.90 Å². The molecule has 1 aliphatic rings. The number of ether oxygens (including phenoxy) is 1. The molecule has 20 heavy (non-hydrogen) atoms. The summed E-state index contributed by atoms with van der Waals surface area (Å²) < 4.78 is 4.65. The molecule has 0 saturated heterocycles. The van der Waals surface area contributed by atoms with Crippen LogP contribution in [-0.2, 0) is 14.3 Å². The van der Waals surface area contributed by atoms with E-state index in [0.29, 0.717) is 19.0 Å². The Kier molecular flexibility index (Phi) is 6.99. The molecule has 0 aliphatic heterocycles. The molecule has 2 unspecified atom stereocenters. The van der Waals surface area contributed by atoms with Crippen LogP contribution < -0.4 is 5.73 Å². The molecule has 116 valence electrons. The predicted octanol–water partition coefficient (Wildman–Crippen LogP) is 1.55. The smallest absolute Gasteiger partial charge is 0.307 e. The topological polar surface area (TPSA) is 72.6 Å². The maximum atomic E-state index is 12.6. The molecule has 0 aromatic heterocycles. The number of nitrogens with zero attached hydrogens (tertiary/aromatic N) is 1. The van der Waals surface area contributed by atoms with Gasteiger partial charge in [0.25, 0.3) is 0 Å². The maximum Gasteiger partial charge on any atom is 0.307 e. The van der Waals surface area contributed by atoms with E-state index in [1.807, 2.05) is 0 Å². The van der Waals surface area contributed by atoms with Crippen LogP contribution in [0.3, 0.4) is 0 Å². The average molecular weight is 284 g/mol. The van der Waals surface area contributed by atoms with E-state index >= 15 is 0 Å². The third-order valence-corrected chi connectivity index (χ3v) is 3.85. The van der Waals surface area contributed by atoms with Crippen molar-refractivity contribution < 1.29 is 14.3 Å². The largest absolute Gasteiger partial charge is 0.469 e. The minimum absolute atomic E-state index is 0.0379. The second-order valence-corrected chi connectivity index (χ2v) is 6.06. The first-order valence-corrected chi connectivity index (χ1v) is 7.57. The number of carbonyl (C=O) groups is 2. The summed E-state index contributed by atoms with van der Waals surface area (Å²) in [4.78, 5) is 25.7. The van der Waals surface area contributed by atoms with Crippen molar-refractivity contribution in [3.05, 3.63) is 0 Å². The fraction of sp³-hybridized carbons (Fsp3) is 0.867. The number of esters is 1. The summed E-state index contributed by atoms with van der Waals surface area (Å²) in [6, 6.07) is -0.0379.